The van der Waals surface area contributed by atoms with E-state index in [0.717, 1.165) is 17.1 Å². The van der Waals surface area contributed by atoms with Crippen LogP contribution in [0.3, 0.4) is 0 Å². The fourth-order valence-corrected chi connectivity index (χ4v) is 10.9. The Labute approximate surface area is 357 Å². The summed E-state index contributed by atoms with van der Waals surface area (Å²) in [5.41, 5.74) is 18.4. The summed E-state index contributed by atoms with van der Waals surface area (Å²) in [7, 11) is 0. The van der Waals surface area contributed by atoms with E-state index >= 15 is 0 Å². The monoisotopic (exact) mass is 777 g/mol. The van der Waals surface area contributed by atoms with Gasteiger partial charge in [-0.3, -0.25) is 0 Å². The lowest BCUT2D eigenvalue weighted by Gasteiger charge is -2.35. The molecule has 0 amide bonds. The van der Waals surface area contributed by atoms with E-state index in [1.165, 1.54) is 88.3 Å². The van der Waals surface area contributed by atoms with Crippen molar-refractivity contribution in [3.8, 4) is 33.4 Å². The molecule has 0 heterocycles. The molecule has 0 N–H and O–H groups in total. The summed E-state index contributed by atoms with van der Waals surface area (Å²) >= 11 is 0. The first kappa shape index (κ1) is 35.5. The minimum atomic E-state index is -0.500. The van der Waals surface area contributed by atoms with Crippen molar-refractivity contribution in [3.05, 3.63) is 258 Å². The lowest BCUT2D eigenvalue weighted by Crippen LogP contribution is -2.28. The first-order chi connectivity index (χ1) is 30.0. The topological polar surface area (TPSA) is 3.24 Å². The Hall–Kier alpha value is -7.48. The highest BCUT2D eigenvalue weighted by Crippen LogP contribution is 2.58. The third kappa shape index (κ3) is 5.20. The van der Waals surface area contributed by atoms with Crippen molar-refractivity contribution in [2.75, 3.05) is 4.90 Å². The van der Waals surface area contributed by atoms with Crippen LogP contribution < -0.4 is 4.90 Å². The highest BCUT2D eigenvalue weighted by molar-refractivity contribution is 6.08. The van der Waals surface area contributed by atoms with Gasteiger partial charge in [0.15, 0.2) is 0 Å². The number of rotatable bonds is 6. The number of hydrogen-bond acceptors (Lipinski definition) is 1. The molecule has 61 heavy (non-hydrogen) atoms. The molecule has 0 atom stereocenters. The predicted octanol–water partition coefficient (Wildman–Crippen LogP) is 15.8. The van der Waals surface area contributed by atoms with Crippen molar-refractivity contribution in [2.24, 2.45) is 0 Å². The zero-order chi connectivity index (χ0) is 40.7. The van der Waals surface area contributed by atoms with E-state index < -0.39 is 5.41 Å². The van der Waals surface area contributed by atoms with Gasteiger partial charge in [-0.05, 0) is 125 Å². The van der Waals surface area contributed by atoms with E-state index in [1.54, 1.807) is 0 Å². The van der Waals surface area contributed by atoms with Gasteiger partial charge in [-0.2, -0.15) is 0 Å². The largest absolute Gasteiger partial charge is 0.310 e. The van der Waals surface area contributed by atoms with Crippen molar-refractivity contribution in [2.45, 2.75) is 24.7 Å². The van der Waals surface area contributed by atoms with Crippen LogP contribution in [0.25, 0.3) is 54.9 Å². The average Bonchev–Trinajstić information content (AvgIpc) is 3.75. The van der Waals surface area contributed by atoms with Crippen LogP contribution >= 0.6 is 0 Å². The van der Waals surface area contributed by atoms with Crippen molar-refractivity contribution >= 4 is 38.6 Å². The van der Waals surface area contributed by atoms with Gasteiger partial charge in [-0.25, -0.2) is 0 Å². The minimum Gasteiger partial charge on any atom is -0.310 e. The molecule has 0 radical (unpaired) electrons. The van der Waals surface area contributed by atoms with Crippen molar-refractivity contribution < 1.29 is 0 Å². The summed E-state index contributed by atoms with van der Waals surface area (Å²) in [6.45, 7) is 4.71. The van der Waals surface area contributed by atoms with Gasteiger partial charge >= 0.3 is 0 Å². The molecule has 0 bridgehead atoms. The van der Waals surface area contributed by atoms with Crippen LogP contribution in [0.15, 0.2) is 224 Å². The average molecular weight is 778 g/mol. The quantitative estimate of drug-likeness (QED) is 0.152. The van der Waals surface area contributed by atoms with E-state index in [2.05, 4.69) is 243 Å². The van der Waals surface area contributed by atoms with Gasteiger partial charge in [0, 0.05) is 22.5 Å². The Balaban J connectivity index is 1.07. The summed E-state index contributed by atoms with van der Waals surface area (Å²) in [5, 5.41) is 5.00. The van der Waals surface area contributed by atoms with Crippen LogP contribution in [-0.2, 0) is 10.8 Å². The molecular formula is C60H43N. The molecule has 288 valence electrons. The van der Waals surface area contributed by atoms with Crippen molar-refractivity contribution in [3.63, 3.8) is 0 Å². The van der Waals surface area contributed by atoms with E-state index in [-0.39, 0.29) is 5.41 Å². The third-order valence-corrected chi connectivity index (χ3v) is 13.7. The third-order valence-electron chi connectivity index (χ3n) is 13.7. The number of hydrogen-bond donors (Lipinski definition) is 0. The van der Waals surface area contributed by atoms with Crippen LogP contribution in [-0.4, -0.2) is 0 Å². The highest BCUT2D eigenvalue weighted by Gasteiger charge is 2.46. The molecule has 1 heteroatoms. The van der Waals surface area contributed by atoms with E-state index in [0.29, 0.717) is 0 Å². The summed E-state index contributed by atoms with van der Waals surface area (Å²) in [6.07, 6.45) is 0. The Morgan fingerprint density at radius 3 is 1.64 bits per heavy atom. The van der Waals surface area contributed by atoms with Crippen LogP contribution in [0.2, 0.25) is 0 Å². The summed E-state index contributed by atoms with van der Waals surface area (Å²) in [4.78, 5) is 2.45. The van der Waals surface area contributed by atoms with E-state index in [4.69, 9.17) is 0 Å². The second kappa shape index (κ2) is 13.5. The molecule has 12 rings (SSSR count). The maximum Gasteiger partial charge on any atom is 0.0714 e. The van der Waals surface area contributed by atoms with Crippen molar-refractivity contribution in [1.29, 1.82) is 0 Å². The Morgan fingerprint density at radius 1 is 0.328 bits per heavy atom. The maximum absolute atomic E-state index is 2.47. The second-order valence-electron chi connectivity index (χ2n) is 17.2. The second-order valence-corrected chi connectivity index (χ2v) is 17.2. The summed E-state index contributed by atoms with van der Waals surface area (Å²) in [5.74, 6) is 0. The summed E-state index contributed by atoms with van der Waals surface area (Å²) < 4.78 is 0. The predicted molar refractivity (Wildman–Crippen MR) is 256 cm³/mol. The van der Waals surface area contributed by atoms with Gasteiger partial charge in [-0.1, -0.05) is 202 Å². The molecule has 0 fully saturated rings. The molecule has 0 aromatic heterocycles. The molecular weight excluding hydrogens is 735 g/mol. The molecule has 10 aromatic carbocycles. The fraction of sp³-hybridized carbons (Fsp3) is 0.0667. The van der Waals surface area contributed by atoms with Gasteiger partial charge < -0.3 is 4.90 Å². The molecule has 0 saturated carbocycles. The van der Waals surface area contributed by atoms with Gasteiger partial charge in [0.2, 0.25) is 0 Å². The number of benzene rings is 10. The van der Waals surface area contributed by atoms with Crippen LogP contribution in [0.1, 0.15) is 47.2 Å². The zero-order valence-electron chi connectivity index (χ0n) is 34.3. The molecule has 0 spiro atoms. The van der Waals surface area contributed by atoms with E-state index in [1.807, 2.05) is 0 Å². The molecule has 0 saturated heterocycles. The molecule has 2 aliphatic carbocycles. The Kier molecular flexibility index (Phi) is 7.86. The van der Waals surface area contributed by atoms with Crippen LogP contribution in [0.4, 0.5) is 17.1 Å². The SMILES string of the molecule is CC1(C)c2ccccc2-c2c(-c3ccc(N(c4ccc5c(c4)C(c4ccccc4)(c4ccccc4)c4ccccc4-5)c4ccc5c(ccc6ccccc65)c4)cc3)cccc21. The van der Waals surface area contributed by atoms with Gasteiger partial charge in [-0.15, -0.1) is 0 Å². The first-order valence-corrected chi connectivity index (χ1v) is 21.4. The molecule has 0 unspecified atom stereocenters. The number of fused-ring (bicyclic) bond motifs is 9. The normalized spacial score (nSPS) is 14.0. The van der Waals surface area contributed by atoms with Crippen LogP contribution in [0, 0.1) is 0 Å². The van der Waals surface area contributed by atoms with Gasteiger partial charge in [0.25, 0.3) is 0 Å². The Bertz CT molecular complexity index is 3280. The number of nitrogens with zero attached hydrogens (tertiary/aromatic N) is 1. The highest BCUT2D eigenvalue weighted by atomic mass is 15.1. The summed E-state index contributed by atoms with van der Waals surface area (Å²) in [6, 6.07) is 83.6. The molecule has 2 aliphatic rings. The smallest absolute Gasteiger partial charge is 0.0714 e. The Morgan fingerprint density at radius 2 is 0.869 bits per heavy atom. The fourth-order valence-electron chi connectivity index (χ4n) is 10.9. The molecule has 10 aromatic rings. The maximum atomic E-state index is 2.47. The van der Waals surface area contributed by atoms with Crippen molar-refractivity contribution in [1.82, 2.24) is 0 Å². The standard InChI is InChI=1S/C60H43N/c1-59(2)54-25-13-12-23-53(54)58-50(24-15-27-56(58)59)41-30-32-45(33-31-41)61(46-34-36-49-42(38-46)29-28-40-16-9-10-21-48(40)49)47-35-37-52-51-22-11-14-26-55(51)60(57(52)39-47,43-17-5-3-6-18-43)44-19-7-4-8-20-44/h3-39H,1-2H3. The number of anilines is 3. The lowest BCUT2D eigenvalue weighted by molar-refractivity contribution is 0.660. The van der Waals surface area contributed by atoms with Crippen LogP contribution in [0.5, 0.6) is 0 Å². The first-order valence-electron chi connectivity index (χ1n) is 21.4. The minimum absolute atomic E-state index is 0.0535. The van der Waals surface area contributed by atoms with E-state index in [9.17, 15) is 0 Å². The van der Waals surface area contributed by atoms with Gasteiger partial charge in [0.1, 0.15) is 0 Å². The molecule has 0 aliphatic heterocycles. The zero-order valence-corrected chi connectivity index (χ0v) is 34.3. The van der Waals surface area contributed by atoms with Gasteiger partial charge in [0.05, 0.1) is 5.41 Å². The lowest BCUT2D eigenvalue weighted by atomic mass is 9.67. The molecule has 1 nitrogen and oxygen atoms in total.